The Bertz CT molecular complexity index is 462. The highest BCUT2D eigenvalue weighted by atomic mass is 16.5. The fraction of sp³-hybridized carbons (Fsp3) is 0.625. The van der Waals surface area contributed by atoms with Crippen molar-refractivity contribution in [3.05, 3.63) is 29.3 Å². The zero-order valence-corrected chi connectivity index (χ0v) is 11.3. The first-order valence-electron chi connectivity index (χ1n) is 7.57. The summed E-state index contributed by atoms with van der Waals surface area (Å²) in [6.07, 6.45) is 2.73. The zero-order chi connectivity index (χ0) is 12.7. The quantitative estimate of drug-likeness (QED) is 0.807. The molecule has 1 aromatic carbocycles. The van der Waals surface area contributed by atoms with Crippen LogP contribution in [0.2, 0.25) is 0 Å². The zero-order valence-electron chi connectivity index (χ0n) is 11.3. The first-order chi connectivity index (χ1) is 9.40. The van der Waals surface area contributed by atoms with E-state index in [0.717, 1.165) is 43.2 Å². The lowest BCUT2D eigenvalue weighted by molar-refractivity contribution is 0.325. The summed E-state index contributed by atoms with van der Waals surface area (Å²) in [6, 6.07) is 6.86. The fourth-order valence-corrected chi connectivity index (χ4v) is 4.03. The highest BCUT2D eigenvalue weighted by Gasteiger charge is 2.37. The second kappa shape index (κ2) is 4.80. The summed E-state index contributed by atoms with van der Waals surface area (Å²) in [7, 11) is 0. The van der Waals surface area contributed by atoms with Crippen LogP contribution in [0.5, 0.6) is 5.75 Å². The number of fused-ring (bicyclic) bond motifs is 2. The van der Waals surface area contributed by atoms with E-state index < -0.39 is 0 Å². The van der Waals surface area contributed by atoms with Crippen molar-refractivity contribution in [1.29, 1.82) is 0 Å². The molecule has 2 fully saturated rings. The topological polar surface area (TPSA) is 33.3 Å². The minimum absolute atomic E-state index is 0.769. The number of ether oxygens (including phenoxy) is 1. The summed E-state index contributed by atoms with van der Waals surface area (Å²) in [4.78, 5) is 0. The Labute approximate surface area is 114 Å². The second-order valence-electron chi connectivity index (χ2n) is 6.24. The van der Waals surface area contributed by atoms with Crippen LogP contribution < -0.4 is 15.4 Å². The summed E-state index contributed by atoms with van der Waals surface area (Å²) in [5, 5.41) is 6.95. The molecule has 1 aliphatic carbocycles. The van der Waals surface area contributed by atoms with Crippen molar-refractivity contribution in [3.8, 4) is 5.75 Å². The van der Waals surface area contributed by atoms with E-state index in [1.165, 1.54) is 37.1 Å². The normalized spacial score (nSPS) is 33.4. The number of hydrogen-bond acceptors (Lipinski definition) is 3. The Morgan fingerprint density at radius 2 is 1.89 bits per heavy atom. The number of nitrogens with one attached hydrogen (secondary N) is 2. The maximum atomic E-state index is 5.77. The molecule has 2 N–H and O–H groups in total. The SMILES string of the molecule is c1cc2c(cc1C1CC3CNCC3C1)CNCCO2. The van der Waals surface area contributed by atoms with Gasteiger partial charge >= 0.3 is 0 Å². The molecule has 2 unspecified atom stereocenters. The van der Waals surface area contributed by atoms with Gasteiger partial charge in [-0.3, -0.25) is 0 Å². The summed E-state index contributed by atoms with van der Waals surface area (Å²) >= 11 is 0. The summed E-state index contributed by atoms with van der Waals surface area (Å²) in [5.74, 6) is 3.68. The average Bonchev–Trinajstić information content (AvgIpc) is 2.93. The van der Waals surface area contributed by atoms with Gasteiger partial charge in [0.25, 0.3) is 0 Å². The Kier molecular flexibility index (Phi) is 2.97. The van der Waals surface area contributed by atoms with E-state index >= 15 is 0 Å². The second-order valence-corrected chi connectivity index (χ2v) is 6.24. The Balaban J connectivity index is 1.57. The minimum Gasteiger partial charge on any atom is -0.492 e. The van der Waals surface area contributed by atoms with Crippen molar-refractivity contribution in [2.45, 2.75) is 25.3 Å². The first-order valence-corrected chi connectivity index (χ1v) is 7.57. The van der Waals surface area contributed by atoms with Crippen LogP contribution in [0.1, 0.15) is 29.9 Å². The van der Waals surface area contributed by atoms with E-state index in [1.807, 2.05) is 0 Å². The van der Waals surface area contributed by atoms with Gasteiger partial charge in [-0.05, 0) is 55.3 Å². The molecule has 0 amide bonds. The van der Waals surface area contributed by atoms with Gasteiger partial charge in [0.2, 0.25) is 0 Å². The van der Waals surface area contributed by atoms with Gasteiger partial charge in [-0.2, -0.15) is 0 Å². The lowest BCUT2D eigenvalue weighted by Gasteiger charge is -2.15. The molecular formula is C16H22N2O. The number of benzene rings is 1. The largest absolute Gasteiger partial charge is 0.492 e. The van der Waals surface area contributed by atoms with Gasteiger partial charge in [0.15, 0.2) is 0 Å². The standard InChI is InChI=1S/C16H22N2O/c1-2-16-15(10-17-3-4-19-16)5-11(1)12-6-13-8-18-9-14(13)7-12/h1-2,5,12-14,17-18H,3-4,6-10H2. The molecule has 102 valence electrons. The van der Waals surface area contributed by atoms with Crippen molar-refractivity contribution in [2.75, 3.05) is 26.2 Å². The van der Waals surface area contributed by atoms with E-state index in [0.29, 0.717) is 0 Å². The summed E-state index contributed by atoms with van der Waals surface area (Å²) in [5.41, 5.74) is 2.87. The van der Waals surface area contributed by atoms with Crippen molar-refractivity contribution >= 4 is 0 Å². The average molecular weight is 258 g/mol. The van der Waals surface area contributed by atoms with Crippen molar-refractivity contribution in [2.24, 2.45) is 11.8 Å². The summed E-state index contributed by atoms with van der Waals surface area (Å²) < 4.78 is 5.77. The van der Waals surface area contributed by atoms with E-state index in [1.54, 1.807) is 0 Å². The van der Waals surface area contributed by atoms with Gasteiger partial charge in [0.1, 0.15) is 12.4 Å². The summed E-state index contributed by atoms with van der Waals surface area (Å²) in [6.45, 7) is 5.15. The van der Waals surface area contributed by atoms with Crippen LogP contribution in [0.3, 0.4) is 0 Å². The van der Waals surface area contributed by atoms with Gasteiger partial charge in [-0.15, -0.1) is 0 Å². The predicted molar refractivity (Wildman–Crippen MR) is 75.5 cm³/mol. The maximum Gasteiger partial charge on any atom is 0.123 e. The Morgan fingerprint density at radius 1 is 1.05 bits per heavy atom. The van der Waals surface area contributed by atoms with Crippen LogP contribution >= 0.6 is 0 Å². The fourth-order valence-electron chi connectivity index (χ4n) is 4.03. The van der Waals surface area contributed by atoms with Gasteiger partial charge < -0.3 is 15.4 Å². The van der Waals surface area contributed by atoms with E-state index in [9.17, 15) is 0 Å². The van der Waals surface area contributed by atoms with Crippen LogP contribution in [0.15, 0.2) is 18.2 Å². The molecule has 1 aromatic rings. The third kappa shape index (κ3) is 2.15. The molecule has 2 heterocycles. The third-order valence-corrected chi connectivity index (χ3v) is 5.06. The monoisotopic (exact) mass is 258 g/mol. The van der Waals surface area contributed by atoms with Gasteiger partial charge in [-0.1, -0.05) is 12.1 Å². The maximum absolute atomic E-state index is 5.77. The smallest absolute Gasteiger partial charge is 0.123 e. The molecule has 1 saturated heterocycles. The third-order valence-electron chi connectivity index (χ3n) is 5.06. The van der Waals surface area contributed by atoms with E-state index in [2.05, 4.69) is 28.8 Å². The van der Waals surface area contributed by atoms with Crippen LogP contribution in [-0.4, -0.2) is 26.2 Å². The van der Waals surface area contributed by atoms with E-state index in [4.69, 9.17) is 4.74 Å². The molecule has 0 aromatic heterocycles. The number of rotatable bonds is 1. The molecule has 4 rings (SSSR count). The van der Waals surface area contributed by atoms with Crippen LogP contribution in [-0.2, 0) is 6.54 Å². The van der Waals surface area contributed by atoms with Gasteiger partial charge in [-0.25, -0.2) is 0 Å². The van der Waals surface area contributed by atoms with Crippen LogP contribution in [0.25, 0.3) is 0 Å². The lowest BCUT2D eigenvalue weighted by atomic mass is 9.94. The molecule has 2 aliphatic heterocycles. The molecule has 0 bridgehead atoms. The molecule has 2 atom stereocenters. The molecule has 19 heavy (non-hydrogen) atoms. The van der Waals surface area contributed by atoms with Crippen molar-refractivity contribution < 1.29 is 4.74 Å². The van der Waals surface area contributed by atoms with Gasteiger partial charge in [0.05, 0.1) is 0 Å². The molecule has 0 spiro atoms. The molecule has 3 nitrogen and oxygen atoms in total. The molecular weight excluding hydrogens is 236 g/mol. The minimum atomic E-state index is 0.769. The molecule has 1 saturated carbocycles. The van der Waals surface area contributed by atoms with Gasteiger partial charge in [0, 0.05) is 18.7 Å². The Morgan fingerprint density at radius 3 is 2.74 bits per heavy atom. The molecule has 0 radical (unpaired) electrons. The highest BCUT2D eigenvalue weighted by Crippen LogP contribution is 2.44. The Hall–Kier alpha value is -1.06. The lowest BCUT2D eigenvalue weighted by Crippen LogP contribution is -2.16. The van der Waals surface area contributed by atoms with Crippen LogP contribution in [0.4, 0.5) is 0 Å². The number of hydrogen-bond donors (Lipinski definition) is 2. The molecule has 3 heteroatoms. The van der Waals surface area contributed by atoms with Crippen LogP contribution in [0, 0.1) is 11.8 Å². The van der Waals surface area contributed by atoms with E-state index in [-0.39, 0.29) is 0 Å². The molecule has 3 aliphatic rings. The first kappa shape index (κ1) is 11.7. The van der Waals surface area contributed by atoms with Crippen molar-refractivity contribution in [3.63, 3.8) is 0 Å². The highest BCUT2D eigenvalue weighted by molar-refractivity contribution is 5.39. The van der Waals surface area contributed by atoms with Crippen molar-refractivity contribution in [1.82, 2.24) is 10.6 Å². The predicted octanol–water partition coefficient (Wildman–Crippen LogP) is 1.88.